The van der Waals surface area contributed by atoms with Crippen LogP contribution in [0.1, 0.15) is 92.4 Å². The first-order valence-electron chi connectivity index (χ1n) is 16.9. The zero-order valence-electron chi connectivity index (χ0n) is 27.7. The summed E-state index contributed by atoms with van der Waals surface area (Å²) < 4.78 is 28.4. The van der Waals surface area contributed by atoms with Crippen molar-refractivity contribution in [2.75, 3.05) is 20.3 Å². The predicted molar refractivity (Wildman–Crippen MR) is 169 cm³/mol. The Bertz CT molecular complexity index is 1170. The SMILES string of the molecule is COCC/C=C/C=C(\C)[C@H]1CC[C@H]2[C@@H]3CC=C4C[C@@H](OC5C=C[C@H](OC(C)=O)[C@@H](COC(C)=O)O5)CC[C@]4(C)[C@H]3CC[C@]12C. The summed E-state index contributed by atoms with van der Waals surface area (Å²) in [5.74, 6) is 2.16. The zero-order chi connectivity index (χ0) is 31.5. The second kappa shape index (κ2) is 14.0. The number of allylic oxidation sites excluding steroid dienone is 4. The van der Waals surface area contributed by atoms with Crippen LogP contribution in [0.3, 0.4) is 0 Å². The van der Waals surface area contributed by atoms with Crippen molar-refractivity contribution in [3.05, 3.63) is 47.6 Å². The van der Waals surface area contributed by atoms with Crippen LogP contribution in [0.2, 0.25) is 0 Å². The van der Waals surface area contributed by atoms with E-state index in [0.717, 1.165) is 50.0 Å². The van der Waals surface area contributed by atoms with E-state index in [1.54, 1.807) is 24.3 Å². The Kier molecular flexibility index (Phi) is 10.6. The third-order valence-electron chi connectivity index (χ3n) is 11.8. The second-order valence-corrected chi connectivity index (χ2v) is 14.4. The molecule has 3 saturated carbocycles. The molecule has 0 aromatic heterocycles. The molecule has 244 valence electrons. The Morgan fingerprint density at radius 1 is 1.02 bits per heavy atom. The van der Waals surface area contributed by atoms with E-state index in [0.29, 0.717) is 11.3 Å². The van der Waals surface area contributed by atoms with Crippen molar-refractivity contribution < 1.29 is 33.3 Å². The molecule has 0 bridgehead atoms. The fourth-order valence-electron chi connectivity index (χ4n) is 9.64. The van der Waals surface area contributed by atoms with Crippen molar-refractivity contribution >= 4 is 11.9 Å². The number of ether oxygens (including phenoxy) is 5. The van der Waals surface area contributed by atoms with Crippen LogP contribution in [0.15, 0.2) is 47.6 Å². The summed E-state index contributed by atoms with van der Waals surface area (Å²) in [5.41, 5.74) is 3.74. The lowest BCUT2D eigenvalue weighted by Gasteiger charge is -2.58. The highest BCUT2D eigenvalue weighted by molar-refractivity contribution is 5.66. The lowest BCUT2D eigenvalue weighted by atomic mass is 9.47. The van der Waals surface area contributed by atoms with E-state index < -0.39 is 30.4 Å². The second-order valence-electron chi connectivity index (χ2n) is 14.4. The topological polar surface area (TPSA) is 80.3 Å². The van der Waals surface area contributed by atoms with Crippen LogP contribution in [0.5, 0.6) is 0 Å². The maximum absolute atomic E-state index is 11.6. The molecule has 0 aromatic rings. The molecule has 5 aliphatic rings. The lowest BCUT2D eigenvalue weighted by molar-refractivity contribution is -0.213. The van der Waals surface area contributed by atoms with Crippen LogP contribution in [-0.4, -0.2) is 56.9 Å². The third kappa shape index (κ3) is 6.95. The summed E-state index contributed by atoms with van der Waals surface area (Å²) in [4.78, 5) is 23.0. The number of carbonyl (C=O) groups is 2. The molecule has 0 N–H and O–H groups in total. The first-order valence-corrected chi connectivity index (χ1v) is 16.9. The minimum atomic E-state index is -0.608. The van der Waals surface area contributed by atoms with Gasteiger partial charge in [-0.05, 0) is 111 Å². The van der Waals surface area contributed by atoms with Crippen LogP contribution >= 0.6 is 0 Å². The molecular formula is C37H54O7. The van der Waals surface area contributed by atoms with Gasteiger partial charge < -0.3 is 23.7 Å². The van der Waals surface area contributed by atoms with Gasteiger partial charge in [-0.15, -0.1) is 0 Å². The molecule has 0 saturated heterocycles. The molecule has 0 spiro atoms. The van der Waals surface area contributed by atoms with Gasteiger partial charge in [0, 0.05) is 27.6 Å². The number of methoxy groups -OCH3 is 1. The van der Waals surface area contributed by atoms with Crippen molar-refractivity contribution in [1.82, 2.24) is 0 Å². The highest BCUT2D eigenvalue weighted by Crippen LogP contribution is 2.67. The van der Waals surface area contributed by atoms with Gasteiger partial charge in [0.2, 0.25) is 0 Å². The smallest absolute Gasteiger partial charge is 0.303 e. The number of carbonyl (C=O) groups excluding carboxylic acids is 2. The Labute approximate surface area is 264 Å². The fraction of sp³-hybridized carbons (Fsp3) is 0.730. The number of fused-ring (bicyclic) bond motifs is 5. The monoisotopic (exact) mass is 610 g/mol. The maximum atomic E-state index is 11.6. The molecule has 7 heteroatoms. The molecule has 1 aliphatic heterocycles. The summed E-state index contributed by atoms with van der Waals surface area (Å²) in [6, 6.07) is 0. The molecule has 0 amide bonds. The van der Waals surface area contributed by atoms with Gasteiger partial charge in [-0.3, -0.25) is 9.59 Å². The summed E-state index contributed by atoms with van der Waals surface area (Å²) >= 11 is 0. The first kappa shape index (κ1) is 33.2. The average Bonchev–Trinajstić information content (AvgIpc) is 3.34. The van der Waals surface area contributed by atoms with Crippen molar-refractivity contribution in [3.8, 4) is 0 Å². The molecule has 4 aliphatic carbocycles. The normalized spacial score (nSPS) is 40.1. The van der Waals surface area contributed by atoms with Crippen LogP contribution < -0.4 is 0 Å². The van der Waals surface area contributed by atoms with Gasteiger partial charge >= 0.3 is 11.9 Å². The molecule has 0 aromatic carbocycles. The van der Waals surface area contributed by atoms with E-state index in [9.17, 15) is 9.59 Å². The predicted octanol–water partition coefficient (Wildman–Crippen LogP) is 7.27. The molecular weight excluding hydrogens is 556 g/mol. The Balaban J connectivity index is 1.22. The molecule has 7 nitrogen and oxygen atoms in total. The standard InChI is InChI=1S/C37H54O7/c1-24(10-8-7-9-21-40-6)30-13-14-31-29-12-11-27-22-28(17-19-36(27,4)32(29)18-20-37(30,31)5)43-35-16-15-33(42-26(3)39)34(44-35)23-41-25(2)38/h7-8,10-11,15-16,28-35H,9,12-14,17-23H2,1-6H3/b8-7+,24-10+/t28-,29-,30+,31-,32-,33-,34+,35?,36-,37+/m0/s1. The van der Waals surface area contributed by atoms with Crippen molar-refractivity contribution in [1.29, 1.82) is 0 Å². The quantitative estimate of drug-likeness (QED) is 0.111. The van der Waals surface area contributed by atoms with E-state index in [4.69, 9.17) is 23.7 Å². The summed E-state index contributed by atoms with van der Waals surface area (Å²) in [7, 11) is 1.76. The Morgan fingerprint density at radius 3 is 2.59 bits per heavy atom. The highest BCUT2D eigenvalue weighted by atomic mass is 16.7. The Morgan fingerprint density at radius 2 is 1.84 bits per heavy atom. The largest absolute Gasteiger partial charge is 0.463 e. The maximum Gasteiger partial charge on any atom is 0.303 e. The van der Waals surface area contributed by atoms with Gasteiger partial charge in [0.25, 0.3) is 0 Å². The van der Waals surface area contributed by atoms with Crippen LogP contribution in [-0.2, 0) is 33.3 Å². The molecule has 1 heterocycles. The molecule has 44 heavy (non-hydrogen) atoms. The van der Waals surface area contributed by atoms with E-state index in [1.807, 2.05) is 6.08 Å². The highest BCUT2D eigenvalue weighted by Gasteiger charge is 2.58. The average molecular weight is 611 g/mol. The number of rotatable bonds is 10. The van der Waals surface area contributed by atoms with Gasteiger partial charge in [0.05, 0.1) is 6.10 Å². The number of hydrogen-bond acceptors (Lipinski definition) is 7. The first-order chi connectivity index (χ1) is 21.0. The van der Waals surface area contributed by atoms with E-state index in [-0.39, 0.29) is 18.1 Å². The molecule has 3 fully saturated rings. The fourth-order valence-corrected chi connectivity index (χ4v) is 9.64. The van der Waals surface area contributed by atoms with Crippen molar-refractivity contribution in [2.24, 2.45) is 34.5 Å². The third-order valence-corrected chi connectivity index (χ3v) is 11.8. The zero-order valence-corrected chi connectivity index (χ0v) is 27.7. The van der Waals surface area contributed by atoms with Gasteiger partial charge in [0.15, 0.2) is 6.29 Å². The van der Waals surface area contributed by atoms with Crippen molar-refractivity contribution in [3.63, 3.8) is 0 Å². The van der Waals surface area contributed by atoms with Gasteiger partial charge in [-0.25, -0.2) is 0 Å². The molecule has 10 atom stereocenters. The van der Waals surface area contributed by atoms with Gasteiger partial charge in [0.1, 0.15) is 18.8 Å². The minimum Gasteiger partial charge on any atom is -0.463 e. The molecule has 0 radical (unpaired) electrons. The van der Waals surface area contributed by atoms with E-state index in [1.165, 1.54) is 46.0 Å². The van der Waals surface area contributed by atoms with Crippen LogP contribution in [0.25, 0.3) is 0 Å². The van der Waals surface area contributed by atoms with Crippen LogP contribution in [0.4, 0.5) is 0 Å². The van der Waals surface area contributed by atoms with Crippen LogP contribution in [0, 0.1) is 34.5 Å². The summed E-state index contributed by atoms with van der Waals surface area (Å²) in [6.07, 6.45) is 21.8. The minimum absolute atomic E-state index is 0.00971. The van der Waals surface area contributed by atoms with E-state index >= 15 is 0 Å². The summed E-state index contributed by atoms with van der Waals surface area (Å²) in [5, 5.41) is 0. The Hall–Kier alpha value is -2.22. The van der Waals surface area contributed by atoms with Gasteiger partial charge in [-0.2, -0.15) is 0 Å². The number of hydrogen-bond donors (Lipinski definition) is 0. The van der Waals surface area contributed by atoms with Crippen molar-refractivity contribution in [2.45, 2.75) is 117 Å². The van der Waals surface area contributed by atoms with E-state index in [2.05, 4.69) is 45.1 Å². The number of esters is 2. The van der Waals surface area contributed by atoms with Gasteiger partial charge in [-0.1, -0.05) is 49.3 Å². The molecule has 1 unspecified atom stereocenters. The lowest BCUT2D eigenvalue weighted by Crippen LogP contribution is -2.51. The molecule has 5 rings (SSSR count). The summed E-state index contributed by atoms with van der Waals surface area (Å²) in [6.45, 7) is 11.0.